The SMILES string of the molecule is COC(=O)[C@@H](N)CCC(=O)NS(=O)(=O)c1ccccc1.Cl. The van der Waals surface area contributed by atoms with E-state index in [1.807, 2.05) is 4.72 Å². The van der Waals surface area contributed by atoms with E-state index in [1.165, 1.54) is 19.2 Å². The van der Waals surface area contributed by atoms with Crippen LogP contribution >= 0.6 is 12.4 Å². The minimum Gasteiger partial charge on any atom is -0.468 e. The average molecular weight is 337 g/mol. The highest BCUT2D eigenvalue weighted by Gasteiger charge is 2.19. The van der Waals surface area contributed by atoms with Crippen molar-refractivity contribution in [3.05, 3.63) is 30.3 Å². The zero-order valence-electron chi connectivity index (χ0n) is 11.3. The molecule has 0 aromatic heterocycles. The summed E-state index contributed by atoms with van der Waals surface area (Å²) >= 11 is 0. The number of hydrogen-bond donors (Lipinski definition) is 2. The van der Waals surface area contributed by atoms with Gasteiger partial charge in [0.25, 0.3) is 10.0 Å². The van der Waals surface area contributed by atoms with Crippen molar-refractivity contribution >= 4 is 34.3 Å². The zero-order valence-corrected chi connectivity index (χ0v) is 12.9. The minimum absolute atomic E-state index is 0. The van der Waals surface area contributed by atoms with Crippen LogP contribution in [0.2, 0.25) is 0 Å². The van der Waals surface area contributed by atoms with Crippen LogP contribution in [0.1, 0.15) is 12.8 Å². The lowest BCUT2D eigenvalue weighted by Crippen LogP contribution is -2.35. The molecule has 1 atom stereocenters. The lowest BCUT2D eigenvalue weighted by molar-refractivity contribution is -0.142. The van der Waals surface area contributed by atoms with Crippen LogP contribution in [0.3, 0.4) is 0 Å². The topological polar surface area (TPSA) is 116 Å². The highest BCUT2D eigenvalue weighted by Crippen LogP contribution is 2.07. The number of sulfonamides is 1. The number of carbonyl (C=O) groups excluding carboxylic acids is 2. The summed E-state index contributed by atoms with van der Waals surface area (Å²) in [4.78, 5) is 22.6. The predicted molar refractivity (Wildman–Crippen MR) is 78.2 cm³/mol. The lowest BCUT2D eigenvalue weighted by Gasteiger charge is -2.09. The van der Waals surface area contributed by atoms with Gasteiger partial charge >= 0.3 is 5.97 Å². The lowest BCUT2D eigenvalue weighted by atomic mass is 10.2. The van der Waals surface area contributed by atoms with E-state index in [1.54, 1.807) is 18.2 Å². The maximum atomic E-state index is 11.8. The first-order valence-electron chi connectivity index (χ1n) is 5.81. The highest BCUT2D eigenvalue weighted by atomic mass is 35.5. The number of carbonyl (C=O) groups is 2. The number of methoxy groups -OCH3 is 1. The Morgan fingerprint density at radius 2 is 1.86 bits per heavy atom. The van der Waals surface area contributed by atoms with Crippen molar-refractivity contribution in [1.82, 2.24) is 4.72 Å². The Morgan fingerprint density at radius 1 is 1.29 bits per heavy atom. The number of ether oxygens (including phenoxy) is 1. The number of nitrogens with two attached hydrogens (primary N) is 1. The molecule has 1 rings (SSSR count). The summed E-state index contributed by atoms with van der Waals surface area (Å²) in [5.74, 6) is -1.38. The van der Waals surface area contributed by atoms with Gasteiger partial charge in [0.15, 0.2) is 0 Å². The third-order valence-electron chi connectivity index (χ3n) is 2.49. The standard InChI is InChI=1S/C12H16N2O5S.ClH/c1-19-12(16)10(13)7-8-11(15)14-20(17,18)9-5-3-2-4-6-9;/h2-6,10H,7-8,13H2,1H3,(H,14,15);1H/t10-;/m0./s1. The van der Waals surface area contributed by atoms with Crippen molar-refractivity contribution in [2.24, 2.45) is 5.73 Å². The second kappa shape index (κ2) is 8.60. The number of rotatable bonds is 6. The van der Waals surface area contributed by atoms with Gasteiger partial charge in [-0.1, -0.05) is 18.2 Å². The van der Waals surface area contributed by atoms with Gasteiger partial charge in [-0.3, -0.25) is 9.59 Å². The molecule has 1 aromatic rings. The number of benzene rings is 1. The van der Waals surface area contributed by atoms with Crippen molar-refractivity contribution in [3.8, 4) is 0 Å². The predicted octanol–water partition coefficient (Wildman–Crippen LogP) is 0.194. The van der Waals surface area contributed by atoms with E-state index in [-0.39, 0.29) is 30.1 Å². The van der Waals surface area contributed by atoms with Crippen LogP contribution < -0.4 is 10.5 Å². The van der Waals surface area contributed by atoms with Gasteiger partial charge in [-0.15, -0.1) is 12.4 Å². The van der Waals surface area contributed by atoms with Crippen LogP contribution in [0, 0.1) is 0 Å². The fourth-order valence-corrected chi connectivity index (χ4v) is 2.45. The highest BCUT2D eigenvalue weighted by molar-refractivity contribution is 7.90. The van der Waals surface area contributed by atoms with E-state index in [2.05, 4.69) is 4.74 Å². The Hall–Kier alpha value is -1.64. The zero-order chi connectivity index (χ0) is 15.2. The average Bonchev–Trinajstić information content (AvgIpc) is 2.44. The van der Waals surface area contributed by atoms with E-state index < -0.39 is 27.9 Å². The molecule has 0 bridgehead atoms. The van der Waals surface area contributed by atoms with Crippen LogP contribution in [0.25, 0.3) is 0 Å². The molecule has 0 unspecified atom stereocenters. The summed E-state index contributed by atoms with van der Waals surface area (Å²) in [5, 5.41) is 0. The van der Waals surface area contributed by atoms with E-state index in [4.69, 9.17) is 5.73 Å². The van der Waals surface area contributed by atoms with E-state index in [0.717, 1.165) is 0 Å². The van der Waals surface area contributed by atoms with E-state index >= 15 is 0 Å². The molecule has 0 aliphatic rings. The molecule has 0 saturated carbocycles. The van der Waals surface area contributed by atoms with E-state index in [9.17, 15) is 18.0 Å². The molecule has 0 saturated heterocycles. The summed E-state index contributed by atoms with van der Waals surface area (Å²) in [5.41, 5.74) is 5.45. The molecule has 0 aliphatic carbocycles. The second-order valence-electron chi connectivity index (χ2n) is 4.01. The van der Waals surface area contributed by atoms with Gasteiger partial charge in [-0.25, -0.2) is 13.1 Å². The quantitative estimate of drug-likeness (QED) is 0.717. The summed E-state index contributed by atoms with van der Waals surface area (Å²) in [6.45, 7) is 0. The molecule has 0 fully saturated rings. The smallest absolute Gasteiger partial charge is 0.322 e. The molecule has 21 heavy (non-hydrogen) atoms. The summed E-state index contributed by atoms with van der Waals surface area (Å²) < 4.78 is 30.0. The normalized spacial score (nSPS) is 11.9. The van der Waals surface area contributed by atoms with Crippen molar-refractivity contribution < 1.29 is 22.7 Å². The molecule has 0 aliphatic heterocycles. The van der Waals surface area contributed by atoms with Gasteiger partial charge in [0.05, 0.1) is 12.0 Å². The molecule has 1 amide bonds. The number of esters is 1. The van der Waals surface area contributed by atoms with Gasteiger partial charge < -0.3 is 10.5 Å². The molecular formula is C12H17ClN2O5S. The molecule has 3 N–H and O–H groups in total. The van der Waals surface area contributed by atoms with Crippen LogP contribution in [-0.2, 0) is 24.3 Å². The van der Waals surface area contributed by atoms with Gasteiger partial charge in [0, 0.05) is 6.42 Å². The number of hydrogen-bond acceptors (Lipinski definition) is 6. The summed E-state index contributed by atoms with van der Waals surface area (Å²) in [7, 11) is -2.71. The largest absolute Gasteiger partial charge is 0.468 e. The molecule has 0 spiro atoms. The van der Waals surface area contributed by atoms with Gasteiger partial charge in [0.1, 0.15) is 6.04 Å². The van der Waals surface area contributed by atoms with Crippen molar-refractivity contribution in [3.63, 3.8) is 0 Å². The van der Waals surface area contributed by atoms with Crippen LogP contribution in [0.5, 0.6) is 0 Å². The maximum Gasteiger partial charge on any atom is 0.322 e. The van der Waals surface area contributed by atoms with Crippen LogP contribution in [-0.4, -0.2) is 33.4 Å². The first-order chi connectivity index (χ1) is 9.36. The van der Waals surface area contributed by atoms with Crippen molar-refractivity contribution in [2.45, 2.75) is 23.8 Å². The Kier molecular flexibility index (Phi) is 7.93. The number of amides is 1. The van der Waals surface area contributed by atoms with E-state index in [0.29, 0.717) is 0 Å². The Labute approximate surface area is 129 Å². The minimum atomic E-state index is -3.89. The third-order valence-corrected chi connectivity index (χ3v) is 3.88. The molecule has 9 heteroatoms. The summed E-state index contributed by atoms with van der Waals surface area (Å²) in [6, 6.07) is 6.55. The van der Waals surface area contributed by atoms with Gasteiger partial charge in [0.2, 0.25) is 5.91 Å². The first-order valence-corrected chi connectivity index (χ1v) is 7.29. The van der Waals surface area contributed by atoms with Gasteiger partial charge in [-0.05, 0) is 18.6 Å². The van der Waals surface area contributed by atoms with Crippen molar-refractivity contribution in [2.75, 3.05) is 7.11 Å². The monoisotopic (exact) mass is 336 g/mol. The van der Waals surface area contributed by atoms with Crippen molar-refractivity contribution in [1.29, 1.82) is 0 Å². The molecular weight excluding hydrogens is 320 g/mol. The Bertz CT molecular complexity index is 577. The van der Waals surface area contributed by atoms with Crippen LogP contribution in [0.15, 0.2) is 35.2 Å². The molecule has 118 valence electrons. The fourth-order valence-electron chi connectivity index (χ4n) is 1.42. The third kappa shape index (κ3) is 6.11. The van der Waals surface area contributed by atoms with Gasteiger partial charge in [-0.2, -0.15) is 0 Å². The Balaban J connectivity index is 0.00000400. The Morgan fingerprint density at radius 3 is 2.38 bits per heavy atom. The second-order valence-corrected chi connectivity index (χ2v) is 5.69. The first kappa shape index (κ1) is 19.4. The molecule has 0 radical (unpaired) electrons. The molecule has 1 aromatic carbocycles. The number of nitrogens with one attached hydrogen (secondary N) is 1. The summed E-state index contributed by atoms with van der Waals surface area (Å²) in [6.07, 6.45) is -0.189. The van der Waals surface area contributed by atoms with Crippen LogP contribution in [0.4, 0.5) is 0 Å². The number of halogens is 1. The molecule has 7 nitrogen and oxygen atoms in total. The fraction of sp³-hybridized carbons (Fsp3) is 0.333. The molecule has 0 heterocycles. The maximum absolute atomic E-state index is 11.8.